The van der Waals surface area contributed by atoms with Gasteiger partial charge in [0.25, 0.3) is 0 Å². The molecular formula is C21H28BrN3O5. The number of H-pyrrole nitrogens is 1. The average molecular weight is 482 g/mol. The first kappa shape index (κ1) is 23.9. The lowest BCUT2D eigenvalue weighted by molar-refractivity contribution is 0.0215. The lowest BCUT2D eigenvalue weighted by atomic mass is 10.1. The molecule has 0 saturated carbocycles. The maximum Gasteiger partial charge on any atom is 0.410 e. The zero-order valence-electron chi connectivity index (χ0n) is 17.8. The van der Waals surface area contributed by atoms with Gasteiger partial charge in [-0.15, -0.1) is 0 Å². The van der Waals surface area contributed by atoms with Crippen LogP contribution in [0, 0.1) is 0 Å². The van der Waals surface area contributed by atoms with Crippen molar-refractivity contribution in [1.29, 1.82) is 0 Å². The van der Waals surface area contributed by atoms with Gasteiger partial charge in [-0.25, -0.2) is 14.6 Å². The Kier molecular flexibility index (Phi) is 8.40. The van der Waals surface area contributed by atoms with Crippen LogP contribution in [0.3, 0.4) is 0 Å². The smallest absolute Gasteiger partial charge is 0.410 e. The second-order valence-electron chi connectivity index (χ2n) is 7.83. The molecule has 1 amide bonds. The Morgan fingerprint density at radius 3 is 2.50 bits per heavy atom. The number of carbonyl (C=O) groups excluding carboxylic acids is 2. The van der Waals surface area contributed by atoms with E-state index in [0.29, 0.717) is 15.5 Å². The van der Waals surface area contributed by atoms with Crippen LogP contribution in [0.2, 0.25) is 0 Å². The van der Waals surface area contributed by atoms with E-state index < -0.39 is 5.97 Å². The summed E-state index contributed by atoms with van der Waals surface area (Å²) in [7, 11) is 0. The second-order valence-corrected chi connectivity index (χ2v) is 8.75. The molecule has 0 spiro atoms. The van der Waals surface area contributed by atoms with Crippen LogP contribution in [-0.4, -0.2) is 52.2 Å². The van der Waals surface area contributed by atoms with Crippen molar-refractivity contribution in [3.8, 4) is 0 Å². The van der Waals surface area contributed by atoms with E-state index in [-0.39, 0.29) is 29.3 Å². The highest BCUT2D eigenvalue weighted by atomic mass is 79.9. The van der Waals surface area contributed by atoms with Gasteiger partial charge in [0, 0.05) is 30.0 Å². The highest BCUT2D eigenvalue weighted by Crippen LogP contribution is 2.15. The number of amides is 1. The van der Waals surface area contributed by atoms with Crippen molar-refractivity contribution in [2.75, 3.05) is 19.7 Å². The van der Waals surface area contributed by atoms with E-state index >= 15 is 0 Å². The molecule has 1 aliphatic heterocycles. The van der Waals surface area contributed by atoms with Crippen molar-refractivity contribution >= 4 is 39.0 Å². The van der Waals surface area contributed by atoms with Crippen LogP contribution in [0.15, 0.2) is 27.7 Å². The summed E-state index contributed by atoms with van der Waals surface area (Å²) in [6, 6.07) is 1.61. The van der Waals surface area contributed by atoms with Crippen LogP contribution in [0.5, 0.6) is 0 Å². The third-order valence-electron chi connectivity index (χ3n) is 4.20. The quantitative estimate of drug-likeness (QED) is 0.642. The van der Waals surface area contributed by atoms with Crippen molar-refractivity contribution in [3.63, 3.8) is 0 Å². The Morgan fingerprint density at radius 1 is 1.23 bits per heavy atom. The molecule has 2 aromatic heterocycles. The molecule has 2 aromatic rings. The van der Waals surface area contributed by atoms with Crippen molar-refractivity contribution in [2.24, 2.45) is 0 Å². The molecule has 9 heteroatoms. The number of halogens is 1. The summed E-state index contributed by atoms with van der Waals surface area (Å²) in [5.74, 6) is -0.629. The van der Waals surface area contributed by atoms with Crippen LogP contribution in [0.1, 0.15) is 57.3 Å². The molecule has 3 heterocycles. The van der Waals surface area contributed by atoms with Gasteiger partial charge in [0.05, 0.1) is 12.0 Å². The van der Waals surface area contributed by atoms with Gasteiger partial charge in [-0.2, -0.15) is 0 Å². The Balaban J connectivity index is 0.000000222. The number of aromatic nitrogens is 2. The lowest BCUT2D eigenvalue weighted by Crippen LogP contribution is -2.39. The van der Waals surface area contributed by atoms with Gasteiger partial charge >= 0.3 is 12.1 Å². The molecule has 0 aromatic carbocycles. The predicted molar refractivity (Wildman–Crippen MR) is 118 cm³/mol. The maximum atomic E-state index is 12.0. The lowest BCUT2D eigenvalue weighted by Gasteiger charge is -2.29. The van der Waals surface area contributed by atoms with E-state index in [1.807, 2.05) is 20.8 Å². The van der Waals surface area contributed by atoms with Gasteiger partial charge in [-0.1, -0.05) is 0 Å². The molecular weight excluding hydrogens is 454 g/mol. The number of hydrogen-bond acceptors (Lipinski definition) is 6. The fourth-order valence-electron chi connectivity index (χ4n) is 2.84. The molecule has 1 aliphatic rings. The minimum absolute atomic E-state index is 0.0146. The van der Waals surface area contributed by atoms with Gasteiger partial charge in [-0.3, -0.25) is 4.79 Å². The van der Waals surface area contributed by atoms with E-state index in [1.165, 1.54) is 12.6 Å². The standard InChI is InChI=1S/C11H9BrN2O3.C10H19NO2/c1-2-17-11(16)8-5-14-10-7(9(8)15)3-6(12)4-13-10;1-10(2,3)13-9(12)11-7-5-4-6-8-11/h3-5H,2H2,1H3,(H,13,14,15);4-8H2,1-3H3. The number of nitrogens with zero attached hydrogens (tertiary/aromatic N) is 2. The molecule has 0 aliphatic carbocycles. The predicted octanol–water partition coefficient (Wildman–Crippen LogP) is 4.27. The number of hydrogen-bond donors (Lipinski definition) is 1. The van der Waals surface area contributed by atoms with Gasteiger partial charge < -0.3 is 19.4 Å². The SMILES string of the molecule is CC(C)(C)OC(=O)N1CCCCC1.CCOC(=O)c1c[nH]c2ncc(Br)cc2c1=O. The number of nitrogens with one attached hydrogen (secondary N) is 1. The molecule has 0 atom stereocenters. The van der Waals surface area contributed by atoms with Crippen molar-refractivity contribution < 1.29 is 19.1 Å². The van der Waals surface area contributed by atoms with Crippen LogP contribution in [-0.2, 0) is 9.47 Å². The van der Waals surface area contributed by atoms with Crippen molar-refractivity contribution in [2.45, 2.75) is 52.6 Å². The number of aromatic amines is 1. The maximum absolute atomic E-state index is 12.0. The monoisotopic (exact) mass is 481 g/mol. The number of rotatable bonds is 2. The van der Waals surface area contributed by atoms with Crippen molar-refractivity contribution in [3.05, 3.63) is 38.7 Å². The third kappa shape index (κ3) is 6.83. The zero-order valence-corrected chi connectivity index (χ0v) is 19.4. The van der Waals surface area contributed by atoms with E-state index in [0.717, 1.165) is 25.9 Å². The number of carbonyl (C=O) groups is 2. The normalized spacial score (nSPS) is 14.0. The average Bonchev–Trinajstić information content (AvgIpc) is 2.69. The summed E-state index contributed by atoms with van der Waals surface area (Å²) in [6.45, 7) is 9.32. The Hall–Kier alpha value is -2.42. The van der Waals surface area contributed by atoms with Gasteiger partial charge in [0.1, 0.15) is 16.8 Å². The second kappa shape index (κ2) is 10.6. The Bertz CT molecular complexity index is 946. The third-order valence-corrected chi connectivity index (χ3v) is 4.63. The first-order valence-corrected chi connectivity index (χ1v) is 10.7. The molecule has 0 radical (unpaired) electrons. The number of fused-ring (bicyclic) bond motifs is 1. The van der Waals surface area contributed by atoms with Crippen LogP contribution >= 0.6 is 15.9 Å². The summed E-state index contributed by atoms with van der Waals surface area (Å²) in [4.78, 5) is 43.7. The minimum Gasteiger partial charge on any atom is -0.462 e. The first-order valence-electron chi connectivity index (χ1n) is 9.94. The minimum atomic E-state index is -0.629. The molecule has 30 heavy (non-hydrogen) atoms. The number of likely N-dealkylation sites (tertiary alicyclic amines) is 1. The van der Waals surface area contributed by atoms with Crippen LogP contribution in [0.4, 0.5) is 4.79 Å². The van der Waals surface area contributed by atoms with E-state index in [2.05, 4.69) is 25.9 Å². The molecule has 0 bridgehead atoms. The zero-order chi connectivity index (χ0) is 22.3. The van der Waals surface area contributed by atoms with Crippen LogP contribution < -0.4 is 5.43 Å². The largest absolute Gasteiger partial charge is 0.462 e. The summed E-state index contributed by atoms with van der Waals surface area (Å²) in [5, 5.41) is 0.352. The van der Waals surface area contributed by atoms with Gasteiger partial charge in [0.2, 0.25) is 5.43 Å². The first-order chi connectivity index (χ1) is 14.1. The molecule has 3 rings (SSSR count). The Morgan fingerprint density at radius 2 is 1.90 bits per heavy atom. The molecule has 1 N–H and O–H groups in total. The molecule has 8 nitrogen and oxygen atoms in total. The van der Waals surface area contributed by atoms with E-state index in [1.54, 1.807) is 24.1 Å². The van der Waals surface area contributed by atoms with E-state index in [4.69, 9.17) is 9.47 Å². The topological polar surface area (TPSA) is 102 Å². The number of pyridine rings is 2. The highest BCUT2D eigenvalue weighted by molar-refractivity contribution is 9.10. The summed E-state index contributed by atoms with van der Waals surface area (Å²) in [5.41, 5.74) is -0.328. The Labute approximate surface area is 184 Å². The summed E-state index contributed by atoms with van der Waals surface area (Å²) >= 11 is 3.23. The fourth-order valence-corrected chi connectivity index (χ4v) is 3.17. The molecule has 1 saturated heterocycles. The number of esters is 1. The van der Waals surface area contributed by atoms with Gasteiger partial charge in [0.15, 0.2) is 0 Å². The molecule has 164 valence electrons. The van der Waals surface area contributed by atoms with E-state index in [9.17, 15) is 14.4 Å². The van der Waals surface area contributed by atoms with Crippen molar-refractivity contribution in [1.82, 2.24) is 14.9 Å². The highest BCUT2D eigenvalue weighted by Gasteiger charge is 2.23. The summed E-state index contributed by atoms with van der Waals surface area (Å²) < 4.78 is 10.7. The van der Waals surface area contributed by atoms with Crippen LogP contribution in [0.25, 0.3) is 11.0 Å². The van der Waals surface area contributed by atoms with Gasteiger partial charge in [-0.05, 0) is 69.0 Å². The molecule has 0 unspecified atom stereocenters. The summed E-state index contributed by atoms with van der Waals surface area (Å²) in [6.07, 6.45) is 6.19. The molecule has 1 fully saturated rings. The number of ether oxygens (including phenoxy) is 2. The number of piperidine rings is 1. The fraction of sp³-hybridized carbons (Fsp3) is 0.524.